The van der Waals surface area contributed by atoms with Crippen molar-refractivity contribution in [2.24, 2.45) is 5.10 Å². The Balaban J connectivity index is 1.38. The van der Waals surface area contributed by atoms with Crippen LogP contribution in [0.5, 0.6) is 23.0 Å². The molecule has 2 aromatic carbocycles. The van der Waals surface area contributed by atoms with E-state index in [1.54, 1.807) is 12.1 Å². The number of hydrogen-bond donors (Lipinski definition) is 1. The zero-order chi connectivity index (χ0) is 23.0. The topological polar surface area (TPSA) is 90.9 Å². The first-order valence-corrected chi connectivity index (χ1v) is 11.1. The van der Waals surface area contributed by atoms with Crippen LogP contribution in [0.2, 0.25) is 5.02 Å². The summed E-state index contributed by atoms with van der Waals surface area (Å²) in [6, 6.07) is 9.09. The summed E-state index contributed by atoms with van der Waals surface area (Å²) in [6.07, 6.45) is 1.52. The third kappa shape index (κ3) is 6.28. The highest BCUT2D eigenvalue weighted by Crippen LogP contribution is 2.38. The number of halogens is 1. The Bertz CT molecular complexity index is 1010. The van der Waals surface area contributed by atoms with Crippen molar-refractivity contribution in [2.45, 2.75) is 13.5 Å². The molecule has 2 heterocycles. The van der Waals surface area contributed by atoms with E-state index in [0.29, 0.717) is 53.4 Å². The Kier molecular flexibility index (Phi) is 7.87. The van der Waals surface area contributed by atoms with Gasteiger partial charge in [-0.1, -0.05) is 17.7 Å². The molecule has 0 unspecified atom stereocenters. The van der Waals surface area contributed by atoms with E-state index in [4.69, 9.17) is 35.3 Å². The highest BCUT2D eigenvalue weighted by molar-refractivity contribution is 6.32. The quantitative estimate of drug-likeness (QED) is 0.440. The second kappa shape index (κ2) is 11.2. The number of ether oxygens (including phenoxy) is 5. The average Bonchev–Trinajstić information content (AvgIpc) is 3.27. The monoisotopic (exact) mass is 475 g/mol. The molecule has 2 aliphatic heterocycles. The molecule has 10 heteroatoms. The maximum absolute atomic E-state index is 12.1. The van der Waals surface area contributed by atoms with Crippen molar-refractivity contribution in [1.29, 1.82) is 0 Å². The number of rotatable bonds is 9. The van der Waals surface area contributed by atoms with Crippen LogP contribution in [0.25, 0.3) is 0 Å². The highest BCUT2D eigenvalue weighted by Gasteiger charge is 2.16. The van der Waals surface area contributed by atoms with E-state index in [1.807, 2.05) is 30.0 Å². The number of hydrogen-bond acceptors (Lipinski definition) is 8. The third-order valence-corrected chi connectivity index (χ3v) is 5.31. The summed E-state index contributed by atoms with van der Waals surface area (Å²) in [4.78, 5) is 14.1. The van der Waals surface area contributed by atoms with Crippen molar-refractivity contribution in [3.8, 4) is 23.0 Å². The van der Waals surface area contributed by atoms with E-state index < -0.39 is 0 Å². The summed E-state index contributed by atoms with van der Waals surface area (Å²) in [6.45, 7) is 5.83. The molecule has 0 atom stereocenters. The second-order valence-corrected chi connectivity index (χ2v) is 7.83. The Labute approximate surface area is 197 Å². The molecular weight excluding hydrogens is 450 g/mol. The first kappa shape index (κ1) is 23.2. The largest absolute Gasteiger partial charge is 0.490 e. The van der Waals surface area contributed by atoms with E-state index in [9.17, 15) is 4.79 Å². The number of fused-ring (bicyclic) bond motifs is 1. The molecule has 0 radical (unpaired) electrons. The minimum Gasteiger partial charge on any atom is -0.490 e. The number of hydrazone groups is 1. The fourth-order valence-electron chi connectivity index (χ4n) is 3.43. The number of carbonyl (C=O) groups excluding carboxylic acids is 1. The summed E-state index contributed by atoms with van der Waals surface area (Å²) in [5.41, 5.74) is 4.12. The summed E-state index contributed by atoms with van der Waals surface area (Å²) in [7, 11) is 0. The molecule has 4 rings (SSSR count). The van der Waals surface area contributed by atoms with E-state index >= 15 is 0 Å². The minimum absolute atomic E-state index is 0.187. The van der Waals surface area contributed by atoms with Crippen LogP contribution in [0.3, 0.4) is 0 Å². The van der Waals surface area contributed by atoms with E-state index in [-0.39, 0.29) is 25.9 Å². The average molecular weight is 476 g/mol. The number of benzene rings is 2. The van der Waals surface area contributed by atoms with Crippen molar-refractivity contribution in [2.75, 3.05) is 46.2 Å². The van der Waals surface area contributed by atoms with Crippen LogP contribution >= 0.6 is 11.6 Å². The van der Waals surface area contributed by atoms with Gasteiger partial charge in [-0.05, 0) is 42.3 Å². The molecule has 2 aromatic rings. The van der Waals surface area contributed by atoms with Crippen LogP contribution in [-0.2, 0) is 16.1 Å². The SMILES string of the molecule is CCOc1cc(/C=N/NC(=O)CN2CCOCC2)cc(Cl)c1OCc1ccc2c(c1)OCO2. The van der Waals surface area contributed by atoms with Crippen molar-refractivity contribution >= 4 is 23.7 Å². The third-order valence-electron chi connectivity index (χ3n) is 5.03. The predicted molar refractivity (Wildman–Crippen MR) is 123 cm³/mol. The van der Waals surface area contributed by atoms with Gasteiger partial charge in [-0.3, -0.25) is 9.69 Å². The van der Waals surface area contributed by atoms with Gasteiger partial charge >= 0.3 is 0 Å². The van der Waals surface area contributed by atoms with Gasteiger partial charge in [0.25, 0.3) is 5.91 Å². The maximum atomic E-state index is 12.1. The van der Waals surface area contributed by atoms with Crippen molar-refractivity contribution in [3.05, 3.63) is 46.5 Å². The molecule has 1 saturated heterocycles. The molecule has 1 amide bonds. The van der Waals surface area contributed by atoms with Gasteiger partial charge in [0.05, 0.1) is 37.6 Å². The first-order valence-electron chi connectivity index (χ1n) is 10.7. The van der Waals surface area contributed by atoms with Gasteiger partial charge in [0.15, 0.2) is 23.0 Å². The second-order valence-electron chi connectivity index (χ2n) is 7.42. The van der Waals surface area contributed by atoms with E-state index in [2.05, 4.69) is 10.5 Å². The fraction of sp³-hybridized carbons (Fsp3) is 0.391. The molecule has 9 nitrogen and oxygen atoms in total. The summed E-state index contributed by atoms with van der Waals surface area (Å²) < 4.78 is 27.7. The van der Waals surface area contributed by atoms with Gasteiger partial charge in [0.2, 0.25) is 6.79 Å². The van der Waals surface area contributed by atoms with Crippen LogP contribution in [0.4, 0.5) is 0 Å². The zero-order valence-electron chi connectivity index (χ0n) is 18.3. The van der Waals surface area contributed by atoms with E-state index in [0.717, 1.165) is 18.7 Å². The van der Waals surface area contributed by atoms with Crippen LogP contribution in [0.15, 0.2) is 35.4 Å². The normalized spacial score (nSPS) is 15.6. The molecule has 0 aliphatic carbocycles. The molecule has 0 bridgehead atoms. The Morgan fingerprint density at radius 3 is 2.82 bits per heavy atom. The van der Waals surface area contributed by atoms with Gasteiger partial charge in [-0.25, -0.2) is 5.43 Å². The maximum Gasteiger partial charge on any atom is 0.254 e. The van der Waals surface area contributed by atoms with Gasteiger partial charge in [0, 0.05) is 13.1 Å². The number of nitrogens with zero attached hydrogens (tertiary/aromatic N) is 2. The number of nitrogens with one attached hydrogen (secondary N) is 1. The lowest BCUT2D eigenvalue weighted by atomic mass is 10.2. The molecule has 0 spiro atoms. The van der Waals surface area contributed by atoms with Crippen molar-refractivity contribution in [1.82, 2.24) is 10.3 Å². The van der Waals surface area contributed by atoms with Gasteiger partial charge < -0.3 is 23.7 Å². The van der Waals surface area contributed by atoms with Crippen LogP contribution in [0.1, 0.15) is 18.1 Å². The van der Waals surface area contributed by atoms with Crippen LogP contribution in [-0.4, -0.2) is 63.3 Å². The van der Waals surface area contributed by atoms with Crippen molar-refractivity contribution < 1.29 is 28.5 Å². The lowest BCUT2D eigenvalue weighted by molar-refractivity contribution is -0.123. The number of morpholine rings is 1. The van der Waals surface area contributed by atoms with Crippen LogP contribution in [0, 0.1) is 0 Å². The highest BCUT2D eigenvalue weighted by atomic mass is 35.5. The summed E-state index contributed by atoms with van der Waals surface area (Å²) in [5.74, 6) is 2.14. The van der Waals surface area contributed by atoms with Gasteiger partial charge in [-0.15, -0.1) is 0 Å². The van der Waals surface area contributed by atoms with Crippen LogP contribution < -0.4 is 24.4 Å². The molecule has 0 saturated carbocycles. The van der Waals surface area contributed by atoms with Gasteiger partial charge in [0.1, 0.15) is 6.61 Å². The van der Waals surface area contributed by atoms with Gasteiger partial charge in [-0.2, -0.15) is 5.10 Å². The molecule has 1 fully saturated rings. The Hall–Kier alpha value is -3.01. The molecule has 0 aromatic heterocycles. The molecule has 2 aliphatic rings. The number of carbonyl (C=O) groups is 1. The molecule has 176 valence electrons. The molecular formula is C23H26ClN3O6. The smallest absolute Gasteiger partial charge is 0.254 e. The lowest BCUT2D eigenvalue weighted by Gasteiger charge is -2.25. The molecule has 33 heavy (non-hydrogen) atoms. The minimum atomic E-state index is -0.187. The van der Waals surface area contributed by atoms with E-state index in [1.165, 1.54) is 6.21 Å². The zero-order valence-corrected chi connectivity index (χ0v) is 19.1. The summed E-state index contributed by atoms with van der Waals surface area (Å²) in [5, 5.41) is 4.42. The predicted octanol–water partition coefficient (Wildman–Crippen LogP) is 2.83. The standard InChI is InChI=1S/C23H26ClN3O6/c1-2-30-21-11-17(12-25-26-22(28)13-27-5-7-29-8-6-27)9-18(24)23(21)31-14-16-3-4-19-20(10-16)33-15-32-19/h3-4,9-12H,2,5-8,13-15H2,1H3,(H,26,28)/b25-12+. The number of amides is 1. The fourth-order valence-corrected chi connectivity index (χ4v) is 3.70. The first-order chi connectivity index (χ1) is 16.1. The Morgan fingerprint density at radius 2 is 2.00 bits per heavy atom. The summed E-state index contributed by atoms with van der Waals surface area (Å²) >= 11 is 6.48. The lowest BCUT2D eigenvalue weighted by Crippen LogP contribution is -2.42. The molecule has 1 N–H and O–H groups in total. The Morgan fingerprint density at radius 1 is 1.18 bits per heavy atom. The van der Waals surface area contributed by atoms with Crippen molar-refractivity contribution in [3.63, 3.8) is 0 Å².